The Bertz CT molecular complexity index is 396. The molecule has 1 aromatic rings. The molecule has 0 aromatic heterocycles. The van der Waals surface area contributed by atoms with Gasteiger partial charge in [-0.1, -0.05) is 0 Å². The fourth-order valence-corrected chi connectivity index (χ4v) is 1.52. The summed E-state index contributed by atoms with van der Waals surface area (Å²) in [7, 11) is 1.55. The van der Waals surface area contributed by atoms with Crippen molar-refractivity contribution in [1.82, 2.24) is 0 Å². The number of rotatable bonds is 5. The first-order valence-electron chi connectivity index (χ1n) is 5.64. The van der Waals surface area contributed by atoms with Gasteiger partial charge >= 0.3 is 0 Å². The van der Waals surface area contributed by atoms with Crippen molar-refractivity contribution >= 4 is 0 Å². The summed E-state index contributed by atoms with van der Waals surface area (Å²) in [5.41, 5.74) is -0.406. The van der Waals surface area contributed by atoms with Crippen LogP contribution < -0.4 is 0 Å². The van der Waals surface area contributed by atoms with Gasteiger partial charge in [-0.3, -0.25) is 0 Å². The summed E-state index contributed by atoms with van der Waals surface area (Å²) in [5, 5.41) is 9.81. The highest BCUT2D eigenvalue weighted by molar-refractivity contribution is 5.21. The van der Waals surface area contributed by atoms with Crippen LogP contribution in [0.4, 0.5) is 13.2 Å². The Balaban J connectivity index is 2.76. The molecule has 0 saturated heterocycles. The van der Waals surface area contributed by atoms with Crippen LogP contribution in [0, 0.1) is 17.5 Å². The fourth-order valence-electron chi connectivity index (χ4n) is 1.52. The lowest BCUT2D eigenvalue weighted by molar-refractivity contribution is 0.00273. The molecule has 0 aliphatic carbocycles. The molecule has 0 fully saturated rings. The minimum atomic E-state index is -1.52. The van der Waals surface area contributed by atoms with E-state index in [0.717, 1.165) is 12.1 Å². The van der Waals surface area contributed by atoms with Crippen molar-refractivity contribution in [3.05, 3.63) is 35.1 Å². The Labute approximate surface area is 104 Å². The second-order valence-corrected chi connectivity index (χ2v) is 4.82. The van der Waals surface area contributed by atoms with E-state index in [1.807, 2.05) is 13.8 Å². The Kier molecular flexibility index (Phi) is 4.76. The molecule has 102 valence electrons. The minimum absolute atomic E-state index is 0.0262. The summed E-state index contributed by atoms with van der Waals surface area (Å²) in [6.07, 6.45) is -0.277. The Morgan fingerprint density at radius 3 is 2.17 bits per heavy atom. The lowest BCUT2D eigenvalue weighted by atomic mass is 9.96. The van der Waals surface area contributed by atoms with Crippen LogP contribution in [0.25, 0.3) is 0 Å². The van der Waals surface area contributed by atoms with Crippen LogP contribution in [-0.4, -0.2) is 17.8 Å². The monoisotopic (exact) mass is 262 g/mol. The van der Waals surface area contributed by atoms with E-state index in [1.165, 1.54) is 0 Å². The zero-order valence-electron chi connectivity index (χ0n) is 10.6. The summed E-state index contributed by atoms with van der Waals surface area (Å²) in [5.74, 6) is -4.12. The molecular formula is C13H17F3O2. The highest BCUT2D eigenvalue weighted by atomic mass is 19.2. The Morgan fingerprint density at radius 1 is 1.22 bits per heavy atom. The third-order valence-electron chi connectivity index (χ3n) is 2.96. The molecule has 2 nitrogen and oxygen atoms in total. The summed E-state index contributed by atoms with van der Waals surface area (Å²) >= 11 is 0. The first kappa shape index (κ1) is 15.0. The van der Waals surface area contributed by atoms with E-state index in [-0.39, 0.29) is 12.0 Å². The molecule has 5 heteroatoms. The molecular weight excluding hydrogens is 245 g/mol. The van der Waals surface area contributed by atoms with Crippen molar-refractivity contribution < 1.29 is 23.0 Å². The zero-order chi connectivity index (χ0) is 13.9. The Hall–Kier alpha value is -1.07. The average molecular weight is 262 g/mol. The third-order valence-corrected chi connectivity index (χ3v) is 2.96. The van der Waals surface area contributed by atoms with E-state index in [2.05, 4.69) is 0 Å². The molecule has 0 amide bonds. The minimum Gasteiger partial charge on any atom is -0.388 e. The van der Waals surface area contributed by atoms with Crippen LogP contribution in [0.2, 0.25) is 0 Å². The number of hydrogen-bond donors (Lipinski definition) is 1. The molecule has 0 bridgehead atoms. The van der Waals surface area contributed by atoms with E-state index in [0.29, 0.717) is 6.42 Å². The molecule has 1 N–H and O–H groups in total. The maximum absolute atomic E-state index is 13.0. The van der Waals surface area contributed by atoms with Crippen LogP contribution in [0.1, 0.15) is 38.4 Å². The van der Waals surface area contributed by atoms with E-state index in [1.54, 1.807) is 7.11 Å². The quantitative estimate of drug-likeness (QED) is 0.825. The van der Waals surface area contributed by atoms with Gasteiger partial charge < -0.3 is 9.84 Å². The lowest BCUT2D eigenvalue weighted by Gasteiger charge is -2.24. The normalized spacial score (nSPS) is 13.7. The van der Waals surface area contributed by atoms with Crippen LogP contribution in [0.3, 0.4) is 0 Å². The van der Waals surface area contributed by atoms with Gasteiger partial charge in [0.1, 0.15) is 0 Å². The molecule has 1 atom stereocenters. The first-order chi connectivity index (χ1) is 8.26. The van der Waals surface area contributed by atoms with Crippen LogP contribution in [-0.2, 0) is 4.74 Å². The number of ether oxygens (including phenoxy) is 1. The maximum atomic E-state index is 13.0. The first-order valence-corrected chi connectivity index (χ1v) is 5.64. The smallest absolute Gasteiger partial charge is 0.194 e. The standard InChI is InChI=1S/C13H17F3O2/c1-13(2,18-3)5-4-11(17)8-6-9(14)12(16)10(15)7-8/h6-7,11,17H,4-5H2,1-3H3. The van der Waals surface area contributed by atoms with Crippen LogP contribution >= 0.6 is 0 Å². The van der Waals surface area contributed by atoms with Crippen molar-refractivity contribution in [2.45, 2.75) is 38.4 Å². The molecule has 0 spiro atoms. The van der Waals surface area contributed by atoms with Gasteiger partial charge in [0.25, 0.3) is 0 Å². The van der Waals surface area contributed by atoms with Gasteiger partial charge in [0.05, 0.1) is 11.7 Å². The second kappa shape index (κ2) is 5.71. The van der Waals surface area contributed by atoms with Gasteiger partial charge in [-0.15, -0.1) is 0 Å². The van der Waals surface area contributed by atoms with Crippen molar-refractivity contribution in [3.8, 4) is 0 Å². The predicted molar refractivity (Wildman–Crippen MR) is 61.6 cm³/mol. The summed E-state index contributed by atoms with van der Waals surface area (Å²) in [6.45, 7) is 3.68. The van der Waals surface area contributed by atoms with Crippen molar-refractivity contribution in [3.63, 3.8) is 0 Å². The highest BCUT2D eigenvalue weighted by Gasteiger charge is 2.21. The number of benzene rings is 1. The van der Waals surface area contributed by atoms with Crippen molar-refractivity contribution in [1.29, 1.82) is 0 Å². The third kappa shape index (κ3) is 3.71. The molecule has 0 saturated carbocycles. The summed E-state index contributed by atoms with van der Waals surface area (Å²) in [4.78, 5) is 0. The SMILES string of the molecule is COC(C)(C)CCC(O)c1cc(F)c(F)c(F)c1. The molecule has 0 aliphatic rings. The summed E-state index contributed by atoms with van der Waals surface area (Å²) in [6, 6.07) is 1.62. The topological polar surface area (TPSA) is 29.5 Å². The number of aliphatic hydroxyl groups is 1. The summed E-state index contributed by atoms with van der Waals surface area (Å²) < 4.78 is 43.9. The van der Waals surface area contributed by atoms with E-state index in [4.69, 9.17) is 4.74 Å². The molecule has 1 unspecified atom stereocenters. The number of aliphatic hydroxyl groups excluding tert-OH is 1. The van der Waals surface area contributed by atoms with E-state index < -0.39 is 29.2 Å². The van der Waals surface area contributed by atoms with Gasteiger partial charge in [-0.2, -0.15) is 0 Å². The van der Waals surface area contributed by atoms with Crippen LogP contribution in [0.5, 0.6) is 0 Å². The lowest BCUT2D eigenvalue weighted by Crippen LogP contribution is -2.23. The molecule has 18 heavy (non-hydrogen) atoms. The second-order valence-electron chi connectivity index (χ2n) is 4.82. The van der Waals surface area contributed by atoms with Gasteiger partial charge in [0.15, 0.2) is 17.5 Å². The van der Waals surface area contributed by atoms with Gasteiger partial charge in [0.2, 0.25) is 0 Å². The van der Waals surface area contributed by atoms with Crippen molar-refractivity contribution in [2.75, 3.05) is 7.11 Å². The van der Waals surface area contributed by atoms with Crippen molar-refractivity contribution in [2.24, 2.45) is 0 Å². The molecule has 1 aromatic carbocycles. The molecule has 1 rings (SSSR count). The maximum Gasteiger partial charge on any atom is 0.194 e. The fraction of sp³-hybridized carbons (Fsp3) is 0.538. The Morgan fingerprint density at radius 2 is 1.72 bits per heavy atom. The predicted octanol–water partition coefficient (Wildman–Crippen LogP) is 3.34. The molecule has 0 aliphatic heterocycles. The molecule has 0 radical (unpaired) electrons. The van der Waals surface area contributed by atoms with Gasteiger partial charge in [0, 0.05) is 7.11 Å². The van der Waals surface area contributed by atoms with Gasteiger partial charge in [-0.25, -0.2) is 13.2 Å². The number of hydrogen-bond acceptors (Lipinski definition) is 2. The number of methoxy groups -OCH3 is 1. The van der Waals surface area contributed by atoms with Crippen LogP contribution in [0.15, 0.2) is 12.1 Å². The van der Waals surface area contributed by atoms with Gasteiger partial charge in [-0.05, 0) is 44.4 Å². The van der Waals surface area contributed by atoms with E-state index in [9.17, 15) is 18.3 Å². The average Bonchev–Trinajstić information content (AvgIpc) is 2.32. The molecule has 0 heterocycles. The largest absolute Gasteiger partial charge is 0.388 e. The highest BCUT2D eigenvalue weighted by Crippen LogP contribution is 2.26. The zero-order valence-corrected chi connectivity index (χ0v) is 10.6. The number of halogens is 3. The van der Waals surface area contributed by atoms with E-state index >= 15 is 0 Å².